The average molecular weight is 315 g/mol. The molecule has 2 nitrogen and oxygen atoms in total. The van der Waals surface area contributed by atoms with Gasteiger partial charge in [-0.25, -0.2) is 4.98 Å². The summed E-state index contributed by atoms with van der Waals surface area (Å²) in [5.74, 6) is 0.994. The molecule has 3 aromatic rings. The first-order chi connectivity index (χ1) is 10.2. The Morgan fingerprint density at radius 3 is 2.48 bits per heavy atom. The lowest BCUT2D eigenvalue weighted by Gasteiger charge is -2.16. The predicted octanol–water partition coefficient (Wildman–Crippen LogP) is 5.10. The van der Waals surface area contributed by atoms with Crippen LogP contribution in [0.15, 0.2) is 60.0 Å². The van der Waals surface area contributed by atoms with E-state index in [9.17, 15) is 0 Å². The van der Waals surface area contributed by atoms with Crippen LogP contribution < -0.4 is 4.90 Å². The second-order valence-corrected chi connectivity index (χ2v) is 6.15. The number of nitrogens with zero attached hydrogens (tertiary/aromatic N) is 2. The summed E-state index contributed by atoms with van der Waals surface area (Å²) in [5.41, 5.74) is 2.38. The molecule has 0 aliphatic heterocycles. The predicted molar refractivity (Wildman–Crippen MR) is 91.1 cm³/mol. The zero-order valence-electron chi connectivity index (χ0n) is 11.7. The fourth-order valence-corrected chi connectivity index (χ4v) is 3.10. The van der Waals surface area contributed by atoms with Crippen molar-refractivity contribution in [2.45, 2.75) is 6.54 Å². The Labute approximate surface area is 133 Å². The van der Waals surface area contributed by atoms with Crippen molar-refractivity contribution in [1.82, 2.24) is 4.98 Å². The van der Waals surface area contributed by atoms with Crippen molar-refractivity contribution < 1.29 is 0 Å². The summed E-state index contributed by atoms with van der Waals surface area (Å²) < 4.78 is 0. The van der Waals surface area contributed by atoms with E-state index >= 15 is 0 Å². The topological polar surface area (TPSA) is 16.1 Å². The quantitative estimate of drug-likeness (QED) is 0.666. The third-order valence-corrected chi connectivity index (χ3v) is 4.37. The summed E-state index contributed by atoms with van der Waals surface area (Å²) >= 11 is 7.57. The van der Waals surface area contributed by atoms with Crippen LogP contribution in [0.3, 0.4) is 0 Å². The Morgan fingerprint density at radius 2 is 1.76 bits per heavy atom. The second kappa shape index (κ2) is 6.29. The molecule has 0 amide bonds. The third kappa shape index (κ3) is 3.43. The van der Waals surface area contributed by atoms with E-state index in [1.165, 1.54) is 5.56 Å². The molecule has 21 heavy (non-hydrogen) atoms. The minimum Gasteiger partial charge on any atom is -0.355 e. The zero-order valence-corrected chi connectivity index (χ0v) is 13.2. The largest absolute Gasteiger partial charge is 0.355 e. The van der Waals surface area contributed by atoms with Crippen molar-refractivity contribution in [3.63, 3.8) is 0 Å². The summed E-state index contributed by atoms with van der Waals surface area (Å²) in [4.78, 5) is 6.87. The number of anilines is 1. The van der Waals surface area contributed by atoms with Crippen LogP contribution in [0.2, 0.25) is 5.02 Å². The molecule has 0 bridgehead atoms. The first-order valence-corrected chi connectivity index (χ1v) is 7.94. The van der Waals surface area contributed by atoms with Gasteiger partial charge >= 0.3 is 0 Å². The molecule has 0 spiro atoms. The molecule has 1 heterocycles. The molecule has 0 radical (unpaired) electrons. The molecule has 0 aliphatic carbocycles. The minimum absolute atomic E-state index is 0.747. The number of hydrogen-bond donors (Lipinski definition) is 0. The molecule has 0 saturated carbocycles. The molecule has 4 heteroatoms. The number of aromatic nitrogens is 1. The minimum atomic E-state index is 0.747. The number of benzene rings is 2. The van der Waals surface area contributed by atoms with Crippen molar-refractivity contribution >= 4 is 28.8 Å². The number of hydrogen-bond acceptors (Lipinski definition) is 3. The molecule has 3 rings (SSSR count). The molecule has 1 aromatic heterocycles. The highest BCUT2D eigenvalue weighted by molar-refractivity contribution is 7.13. The molecular weight excluding hydrogens is 300 g/mol. The highest BCUT2D eigenvalue weighted by atomic mass is 35.5. The van der Waals surface area contributed by atoms with Gasteiger partial charge in [0, 0.05) is 29.6 Å². The first kappa shape index (κ1) is 14.1. The van der Waals surface area contributed by atoms with Crippen molar-refractivity contribution in [2.24, 2.45) is 0 Å². The van der Waals surface area contributed by atoms with Gasteiger partial charge in [0.1, 0.15) is 10.8 Å². The van der Waals surface area contributed by atoms with Gasteiger partial charge in [-0.15, -0.1) is 11.3 Å². The van der Waals surface area contributed by atoms with Gasteiger partial charge in [-0.05, 0) is 17.7 Å². The highest BCUT2D eigenvalue weighted by Crippen LogP contribution is 2.28. The lowest BCUT2D eigenvalue weighted by Crippen LogP contribution is -2.16. The van der Waals surface area contributed by atoms with Gasteiger partial charge in [0.2, 0.25) is 0 Å². The molecule has 0 N–H and O–H groups in total. The number of halogens is 1. The summed E-state index contributed by atoms with van der Waals surface area (Å²) in [6, 6.07) is 18.2. The normalized spacial score (nSPS) is 10.6. The molecule has 2 aromatic carbocycles. The molecule has 0 unspecified atom stereocenters. The van der Waals surface area contributed by atoms with E-state index in [1.54, 1.807) is 11.3 Å². The van der Waals surface area contributed by atoms with Crippen molar-refractivity contribution in [1.29, 1.82) is 0 Å². The van der Waals surface area contributed by atoms with E-state index in [2.05, 4.69) is 41.6 Å². The van der Waals surface area contributed by atoms with Crippen LogP contribution in [0.5, 0.6) is 0 Å². The fourth-order valence-electron chi connectivity index (χ4n) is 2.10. The zero-order chi connectivity index (χ0) is 14.7. The van der Waals surface area contributed by atoms with Gasteiger partial charge in [0.15, 0.2) is 0 Å². The lowest BCUT2D eigenvalue weighted by atomic mass is 10.2. The summed E-state index contributed by atoms with van der Waals surface area (Å²) in [5, 5.41) is 3.85. The second-order valence-electron chi connectivity index (χ2n) is 4.86. The maximum absolute atomic E-state index is 5.92. The molecule has 0 aliphatic rings. The van der Waals surface area contributed by atoms with Gasteiger partial charge in [-0.2, -0.15) is 0 Å². The smallest absolute Gasteiger partial charge is 0.140 e. The van der Waals surface area contributed by atoms with E-state index < -0.39 is 0 Å². The van der Waals surface area contributed by atoms with Crippen molar-refractivity contribution in [2.75, 3.05) is 11.9 Å². The van der Waals surface area contributed by atoms with E-state index in [0.717, 1.165) is 28.0 Å². The Bertz CT molecular complexity index is 707. The first-order valence-electron chi connectivity index (χ1n) is 6.69. The molecule has 0 fully saturated rings. The van der Waals surface area contributed by atoms with Gasteiger partial charge < -0.3 is 4.90 Å². The molecular formula is C17H15ClN2S. The number of thiazole rings is 1. The Kier molecular flexibility index (Phi) is 4.23. The maximum atomic E-state index is 5.92. The fraction of sp³-hybridized carbons (Fsp3) is 0.118. The number of rotatable bonds is 4. The van der Waals surface area contributed by atoms with Crippen molar-refractivity contribution in [3.05, 3.63) is 70.6 Å². The van der Waals surface area contributed by atoms with Crippen LogP contribution >= 0.6 is 22.9 Å². The van der Waals surface area contributed by atoms with Crippen LogP contribution in [0.4, 0.5) is 5.82 Å². The van der Waals surface area contributed by atoms with Crippen LogP contribution in [0, 0.1) is 0 Å². The van der Waals surface area contributed by atoms with E-state index in [1.807, 2.05) is 30.3 Å². The van der Waals surface area contributed by atoms with Crippen LogP contribution in [-0.4, -0.2) is 12.0 Å². The summed E-state index contributed by atoms with van der Waals surface area (Å²) in [7, 11) is 2.06. The van der Waals surface area contributed by atoms with Crippen molar-refractivity contribution in [3.8, 4) is 10.6 Å². The molecule has 106 valence electrons. The Balaban J connectivity index is 1.76. The Hall–Kier alpha value is -1.84. The molecule has 0 atom stereocenters. The standard InChI is InChI=1S/C17H15ClN2S/c1-20(11-13-5-3-2-4-6-13)16-12-21-17(19-16)14-7-9-15(18)10-8-14/h2-10,12H,11H2,1H3. The third-order valence-electron chi connectivity index (χ3n) is 3.24. The lowest BCUT2D eigenvalue weighted by molar-refractivity contribution is 0.905. The highest BCUT2D eigenvalue weighted by Gasteiger charge is 2.08. The maximum Gasteiger partial charge on any atom is 0.140 e. The summed E-state index contributed by atoms with van der Waals surface area (Å²) in [6.45, 7) is 0.852. The van der Waals surface area contributed by atoms with E-state index in [4.69, 9.17) is 16.6 Å². The SMILES string of the molecule is CN(Cc1ccccc1)c1csc(-c2ccc(Cl)cc2)n1. The Morgan fingerprint density at radius 1 is 1.05 bits per heavy atom. The summed E-state index contributed by atoms with van der Waals surface area (Å²) in [6.07, 6.45) is 0. The van der Waals surface area contributed by atoms with Crippen LogP contribution in [0.1, 0.15) is 5.56 Å². The van der Waals surface area contributed by atoms with E-state index in [-0.39, 0.29) is 0 Å². The van der Waals surface area contributed by atoms with Gasteiger partial charge in [0.05, 0.1) is 0 Å². The van der Waals surface area contributed by atoms with Crippen LogP contribution in [-0.2, 0) is 6.54 Å². The van der Waals surface area contributed by atoms with Crippen LogP contribution in [0.25, 0.3) is 10.6 Å². The average Bonchev–Trinajstić information content (AvgIpc) is 2.99. The molecule has 0 saturated heterocycles. The monoisotopic (exact) mass is 314 g/mol. The van der Waals surface area contributed by atoms with Gasteiger partial charge in [0.25, 0.3) is 0 Å². The van der Waals surface area contributed by atoms with Gasteiger partial charge in [-0.1, -0.05) is 54.1 Å². The van der Waals surface area contributed by atoms with Gasteiger partial charge in [-0.3, -0.25) is 0 Å². The van der Waals surface area contributed by atoms with E-state index in [0.29, 0.717) is 0 Å².